The van der Waals surface area contributed by atoms with E-state index in [1.54, 1.807) is 25.6 Å². The summed E-state index contributed by atoms with van der Waals surface area (Å²) in [6, 6.07) is 0. The lowest BCUT2D eigenvalue weighted by Gasteiger charge is -1.97. The largest absolute Gasteiger partial charge is 0.494 e. The fraction of sp³-hybridized carbons (Fsp3) is 0.111. The number of aromatic nitrogens is 2. The second-order valence-corrected chi connectivity index (χ2v) is 2.12. The summed E-state index contributed by atoms with van der Waals surface area (Å²) < 4.78 is 5.02. The maximum atomic E-state index is 5.02. The SMILES string of the molecule is C=C/C(OC)=c1/nccnc1=C. The third kappa shape index (κ3) is 1.50. The van der Waals surface area contributed by atoms with Crippen LogP contribution in [0, 0.1) is 0 Å². The summed E-state index contributed by atoms with van der Waals surface area (Å²) in [5.74, 6) is 0.591. The van der Waals surface area contributed by atoms with Gasteiger partial charge < -0.3 is 4.74 Å². The van der Waals surface area contributed by atoms with Crippen LogP contribution in [0.3, 0.4) is 0 Å². The van der Waals surface area contributed by atoms with E-state index in [1.165, 1.54) is 0 Å². The van der Waals surface area contributed by atoms with E-state index < -0.39 is 0 Å². The number of methoxy groups -OCH3 is 1. The number of hydrogen-bond acceptors (Lipinski definition) is 3. The molecule has 0 saturated heterocycles. The van der Waals surface area contributed by atoms with E-state index in [0.29, 0.717) is 16.5 Å². The molecule has 0 spiro atoms. The predicted octanol–water partition coefficient (Wildman–Crippen LogP) is -0.173. The minimum absolute atomic E-state index is 0.591. The first-order valence-corrected chi connectivity index (χ1v) is 3.46. The zero-order chi connectivity index (χ0) is 8.97. The van der Waals surface area contributed by atoms with Crippen molar-refractivity contribution in [1.82, 2.24) is 9.97 Å². The van der Waals surface area contributed by atoms with Crippen LogP contribution in [0.1, 0.15) is 0 Å². The molecule has 0 N–H and O–H groups in total. The minimum atomic E-state index is 0.591. The average Bonchev–Trinajstić information content (AvgIpc) is 2.10. The summed E-state index contributed by atoms with van der Waals surface area (Å²) in [7, 11) is 1.56. The molecule has 0 aliphatic carbocycles. The van der Waals surface area contributed by atoms with Crippen molar-refractivity contribution in [3.63, 3.8) is 0 Å². The fourth-order valence-corrected chi connectivity index (χ4v) is 0.849. The Labute approximate surface area is 70.7 Å². The van der Waals surface area contributed by atoms with E-state index in [0.717, 1.165) is 0 Å². The van der Waals surface area contributed by atoms with Gasteiger partial charge in [-0.05, 0) is 6.08 Å². The quantitative estimate of drug-likeness (QED) is 0.605. The van der Waals surface area contributed by atoms with Crippen molar-refractivity contribution in [3.8, 4) is 0 Å². The highest BCUT2D eigenvalue weighted by Gasteiger charge is 1.92. The first-order valence-electron chi connectivity index (χ1n) is 3.46. The van der Waals surface area contributed by atoms with Gasteiger partial charge in [0.1, 0.15) is 11.1 Å². The van der Waals surface area contributed by atoms with Crippen molar-refractivity contribution in [3.05, 3.63) is 35.7 Å². The molecule has 0 aliphatic heterocycles. The summed E-state index contributed by atoms with van der Waals surface area (Å²) in [5, 5.41) is 1.23. The normalized spacial score (nSPS) is 12.1. The molecule has 3 nitrogen and oxygen atoms in total. The van der Waals surface area contributed by atoms with E-state index in [-0.39, 0.29) is 0 Å². The molecule has 62 valence electrons. The first kappa shape index (κ1) is 8.46. The Kier molecular flexibility index (Phi) is 2.58. The van der Waals surface area contributed by atoms with Gasteiger partial charge in [0.2, 0.25) is 0 Å². The van der Waals surface area contributed by atoms with Gasteiger partial charge in [0.25, 0.3) is 0 Å². The molecule has 0 saturated carbocycles. The Hall–Kier alpha value is -1.64. The highest BCUT2D eigenvalue weighted by atomic mass is 16.5. The van der Waals surface area contributed by atoms with Crippen LogP contribution in [0.15, 0.2) is 25.0 Å². The van der Waals surface area contributed by atoms with Gasteiger partial charge in [-0.15, -0.1) is 0 Å². The van der Waals surface area contributed by atoms with Crippen molar-refractivity contribution in [2.24, 2.45) is 0 Å². The topological polar surface area (TPSA) is 35.0 Å². The van der Waals surface area contributed by atoms with Gasteiger partial charge in [0.15, 0.2) is 0 Å². The lowest BCUT2D eigenvalue weighted by molar-refractivity contribution is 0.368. The zero-order valence-corrected chi connectivity index (χ0v) is 6.95. The molecule has 0 bridgehead atoms. The Morgan fingerprint density at radius 1 is 1.50 bits per heavy atom. The molecular weight excluding hydrogens is 152 g/mol. The second-order valence-electron chi connectivity index (χ2n) is 2.12. The molecule has 12 heavy (non-hydrogen) atoms. The summed E-state index contributed by atoms with van der Waals surface area (Å²) in [6.07, 6.45) is 4.76. The van der Waals surface area contributed by atoms with Crippen LogP contribution in [0.25, 0.3) is 12.3 Å². The maximum absolute atomic E-state index is 5.02. The zero-order valence-electron chi connectivity index (χ0n) is 6.95. The van der Waals surface area contributed by atoms with Crippen LogP contribution in [0.2, 0.25) is 0 Å². The molecule has 0 unspecified atom stereocenters. The molecule has 1 heterocycles. The molecule has 1 aromatic rings. The summed E-state index contributed by atoms with van der Waals surface area (Å²) in [6.45, 7) is 7.31. The number of hydrogen-bond donors (Lipinski definition) is 0. The Morgan fingerprint density at radius 3 is 2.67 bits per heavy atom. The van der Waals surface area contributed by atoms with Crippen molar-refractivity contribution in [2.45, 2.75) is 0 Å². The first-order chi connectivity index (χ1) is 5.79. The van der Waals surface area contributed by atoms with Crippen LogP contribution in [-0.2, 0) is 4.74 Å². The van der Waals surface area contributed by atoms with Crippen molar-refractivity contribution in [2.75, 3.05) is 7.11 Å². The lowest BCUT2D eigenvalue weighted by Crippen LogP contribution is -2.31. The Balaban J connectivity index is 3.53. The monoisotopic (exact) mass is 162 g/mol. The van der Waals surface area contributed by atoms with E-state index in [9.17, 15) is 0 Å². The molecule has 1 rings (SSSR count). The summed E-state index contributed by atoms with van der Waals surface area (Å²) >= 11 is 0. The van der Waals surface area contributed by atoms with Crippen LogP contribution in [0.4, 0.5) is 0 Å². The standard InChI is InChI=1S/C9H10N2O/c1-4-8(12-3)9-7(2)10-5-6-11-9/h4-6H,1-2H2,3H3/b9-8-. The molecule has 0 atom stereocenters. The smallest absolute Gasteiger partial charge is 0.146 e. The molecule has 1 aromatic heterocycles. The highest BCUT2D eigenvalue weighted by molar-refractivity contribution is 5.45. The number of rotatable bonds is 2. The molecular formula is C9H10N2O. The summed E-state index contributed by atoms with van der Waals surface area (Å²) in [4.78, 5) is 8.04. The van der Waals surface area contributed by atoms with Gasteiger partial charge >= 0.3 is 0 Å². The molecule has 0 amide bonds. The van der Waals surface area contributed by atoms with E-state index in [4.69, 9.17) is 4.74 Å². The molecule has 0 radical (unpaired) electrons. The molecule has 3 heteroatoms. The summed E-state index contributed by atoms with van der Waals surface area (Å²) in [5.41, 5.74) is 0. The average molecular weight is 162 g/mol. The maximum Gasteiger partial charge on any atom is 0.146 e. The third-order valence-corrected chi connectivity index (χ3v) is 1.41. The van der Waals surface area contributed by atoms with Gasteiger partial charge in [-0.25, -0.2) is 4.98 Å². The van der Waals surface area contributed by atoms with Crippen LogP contribution >= 0.6 is 0 Å². The van der Waals surface area contributed by atoms with Gasteiger partial charge in [-0.1, -0.05) is 13.2 Å². The Morgan fingerprint density at radius 2 is 2.17 bits per heavy atom. The van der Waals surface area contributed by atoms with Gasteiger partial charge in [0, 0.05) is 12.4 Å². The van der Waals surface area contributed by atoms with Crippen molar-refractivity contribution in [1.29, 1.82) is 0 Å². The van der Waals surface area contributed by atoms with Crippen molar-refractivity contribution < 1.29 is 4.74 Å². The lowest BCUT2D eigenvalue weighted by atomic mass is 10.4. The fourth-order valence-electron chi connectivity index (χ4n) is 0.849. The number of ether oxygens (including phenoxy) is 1. The third-order valence-electron chi connectivity index (χ3n) is 1.41. The van der Waals surface area contributed by atoms with Gasteiger partial charge in [-0.3, -0.25) is 4.98 Å². The second kappa shape index (κ2) is 3.67. The van der Waals surface area contributed by atoms with Gasteiger partial charge in [-0.2, -0.15) is 0 Å². The van der Waals surface area contributed by atoms with E-state index >= 15 is 0 Å². The molecule has 0 aliphatic rings. The predicted molar refractivity (Wildman–Crippen MR) is 47.4 cm³/mol. The van der Waals surface area contributed by atoms with E-state index in [2.05, 4.69) is 23.1 Å². The van der Waals surface area contributed by atoms with Crippen molar-refractivity contribution >= 4 is 12.3 Å². The van der Waals surface area contributed by atoms with Crippen LogP contribution < -0.4 is 10.7 Å². The van der Waals surface area contributed by atoms with Crippen LogP contribution in [0.5, 0.6) is 0 Å². The number of nitrogens with zero attached hydrogens (tertiary/aromatic N) is 2. The minimum Gasteiger partial charge on any atom is -0.494 e. The molecule has 0 fully saturated rings. The Bertz CT molecular complexity index is 384. The van der Waals surface area contributed by atoms with E-state index in [1.807, 2.05) is 0 Å². The highest BCUT2D eigenvalue weighted by Crippen LogP contribution is 1.89. The van der Waals surface area contributed by atoms with Gasteiger partial charge in [0.05, 0.1) is 12.5 Å². The van der Waals surface area contributed by atoms with Crippen LogP contribution in [-0.4, -0.2) is 17.1 Å². The molecule has 0 aromatic carbocycles.